The normalized spacial score (nSPS) is 19.5. The molecule has 1 aliphatic rings. The molecule has 0 heterocycles. The maximum Gasteiger partial charge on any atom is 0.303 e. The Morgan fingerprint density at radius 2 is 1.88 bits per heavy atom. The van der Waals surface area contributed by atoms with E-state index in [4.69, 9.17) is 9.84 Å². The van der Waals surface area contributed by atoms with Crippen LogP contribution in [0.25, 0.3) is 11.1 Å². The highest BCUT2D eigenvalue weighted by Gasteiger charge is 2.31. The molecule has 1 fully saturated rings. The van der Waals surface area contributed by atoms with Gasteiger partial charge in [-0.2, -0.15) is 0 Å². The van der Waals surface area contributed by atoms with Gasteiger partial charge in [-0.3, -0.25) is 4.79 Å². The van der Waals surface area contributed by atoms with Gasteiger partial charge in [0.25, 0.3) is 0 Å². The number of rotatable bonds is 6. The Morgan fingerprint density at radius 3 is 2.48 bits per heavy atom. The third-order valence-electron chi connectivity index (χ3n) is 4.70. The van der Waals surface area contributed by atoms with Gasteiger partial charge >= 0.3 is 5.97 Å². The molecular formula is C21H23FO3. The van der Waals surface area contributed by atoms with E-state index in [0.29, 0.717) is 17.2 Å². The van der Waals surface area contributed by atoms with Crippen molar-refractivity contribution in [1.82, 2.24) is 0 Å². The molecule has 0 aliphatic heterocycles. The number of carboxylic acids is 1. The number of halogens is 1. The van der Waals surface area contributed by atoms with Crippen molar-refractivity contribution in [2.45, 2.75) is 45.1 Å². The number of hydrogen-bond acceptors (Lipinski definition) is 2. The predicted octanol–water partition coefficient (Wildman–Crippen LogP) is 5.25. The molecule has 1 saturated carbocycles. The molecule has 3 nitrogen and oxygen atoms in total. The van der Waals surface area contributed by atoms with E-state index in [1.165, 1.54) is 11.6 Å². The molecule has 0 unspecified atom stereocenters. The highest BCUT2D eigenvalue weighted by Crippen LogP contribution is 2.43. The molecule has 0 radical (unpaired) electrons. The molecular weight excluding hydrogens is 319 g/mol. The van der Waals surface area contributed by atoms with E-state index < -0.39 is 5.97 Å². The molecule has 0 aromatic heterocycles. The first kappa shape index (κ1) is 17.5. The molecule has 1 aliphatic carbocycles. The zero-order chi connectivity index (χ0) is 18.0. The van der Waals surface area contributed by atoms with E-state index in [9.17, 15) is 9.18 Å². The molecule has 3 rings (SSSR count). The monoisotopic (exact) mass is 342 g/mol. The van der Waals surface area contributed by atoms with Gasteiger partial charge in [0.1, 0.15) is 11.6 Å². The van der Waals surface area contributed by atoms with Crippen molar-refractivity contribution in [2.24, 2.45) is 5.92 Å². The average Bonchev–Trinajstić information content (AvgIpc) is 2.52. The van der Waals surface area contributed by atoms with Crippen LogP contribution in [-0.2, 0) is 4.79 Å². The summed E-state index contributed by atoms with van der Waals surface area (Å²) in [6, 6.07) is 12.7. The predicted molar refractivity (Wildman–Crippen MR) is 95.3 cm³/mol. The Hall–Kier alpha value is -2.36. The lowest BCUT2D eigenvalue weighted by Gasteiger charge is -2.34. The number of aliphatic carboxylic acids is 1. The minimum atomic E-state index is -0.724. The van der Waals surface area contributed by atoms with Crippen LogP contribution >= 0.6 is 0 Å². The van der Waals surface area contributed by atoms with Gasteiger partial charge in [-0.25, -0.2) is 4.39 Å². The Balaban J connectivity index is 1.72. The number of hydrogen-bond donors (Lipinski definition) is 1. The topological polar surface area (TPSA) is 46.5 Å². The van der Waals surface area contributed by atoms with Gasteiger partial charge in [0.05, 0.1) is 6.10 Å². The van der Waals surface area contributed by atoms with Crippen LogP contribution in [0.5, 0.6) is 5.75 Å². The summed E-state index contributed by atoms with van der Waals surface area (Å²) in [6.07, 6.45) is 2.12. The molecule has 0 spiro atoms. The Kier molecular flexibility index (Phi) is 5.07. The van der Waals surface area contributed by atoms with Gasteiger partial charge in [0, 0.05) is 12.0 Å². The van der Waals surface area contributed by atoms with Crippen LogP contribution in [0.4, 0.5) is 4.39 Å². The SMILES string of the molecule is CC(C)Oc1ccc(F)c(-c2ccc([C@H]3C[C@H](CC(=O)O)C3)cc2)c1. The minimum Gasteiger partial charge on any atom is -0.491 e. The van der Waals surface area contributed by atoms with Crippen LogP contribution in [0.2, 0.25) is 0 Å². The van der Waals surface area contributed by atoms with E-state index in [0.717, 1.165) is 18.4 Å². The highest BCUT2D eigenvalue weighted by atomic mass is 19.1. The van der Waals surface area contributed by atoms with Crippen molar-refractivity contribution in [1.29, 1.82) is 0 Å². The lowest BCUT2D eigenvalue weighted by atomic mass is 9.70. The van der Waals surface area contributed by atoms with Crippen molar-refractivity contribution in [3.05, 3.63) is 53.8 Å². The summed E-state index contributed by atoms with van der Waals surface area (Å²) < 4.78 is 19.8. The molecule has 4 heteroatoms. The van der Waals surface area contributed by atoms with Gasteiger partial charge in [0.15, 0.2) is 0 Å². The summed E-state index contributed by atoms with van der Waals surface area (Å²) >= 11 is 0. The van der Waals surface area contributed by atoms with E-state index in [1.54, 1.807) is 12.1 Å². The number of carbonyl (C=O) groups is 1. The summed E-state index contributed by atoms with van der Waals surface area (Å²) in [6.45, 7) is 3.88. The molecule has 2 aromatic rings. The molecule has 132 valence electrons. The third kappa shape index (κ3) is 4.19. The zero-order valence-corrected chi connectivity index (χ0v) is 14.5. The van der Waals surface area contributed by atoms with Crippen LogP contribution in [0.3, 0.4) is 0 Å². The molecule has 0 saturated heterocycles. The second kappa shape index (κ2) is 7.26. The van der Waals surface area contributed by atoms with Crippen molar-refractivity contribution >= 4 is 5.97 Å². The van der Waals surface area contributed by atoms with Crippen LogP contribution in [0, 0.1) is 11.7 Å². The fourth-order valence-corrected chi connectivity index (χ4v) is 3.43. The molecule has 0 amide bonds. The van der Waals surface area contributed by atoms with Crippen LogP contribution in [-0.4, -0.2) is 17.2 Å². The fourth-order valence-electron chi connectivity index (χ4n) is 3.43. The number of ether oxygens (including phenoxy) is 1. The summed E-state index contributed by atoms with van der Waals surface area (Å²) in [5, 5.41) is 8.83. The first-order valence-corrected chi connectivity index (χ1v) is 8.70. The maximum atomic E-state index is 14.2. The lowest BCUT2D eigenvalue weighted by Crippen LogP contribution is -2.24. The van der Waals surface area contributed by atoms with E-state index in [-0.39, 0.29) is 24.3 Å². The standard InChI is InChI=1S/C21H23FO3/c1-13(2)25-18-7-8-20(22)19(12-18)16-5-3-15(4-6-16)17-9-14(10-17)11-21(23)24/h3-8,12-14,17H,9-11H2,1-2H3,(H,23,24)/t14-,17-. The van der Waals surface area contributed by atoms with Gasteiger partial charge in [0.2, 0.25) is 0 Å². The second-order valence-corrected chi connectivity index (χ2v) is 7.06. The van der Waals surface area contributed by atoms with E-state index in [1.807, 2.05) is 38.1 Å². The fraction of sp³-hybridized carbons (Fsp3) is 0.381. The minimum absolute atomic E-state index is 0.0399. The van der Waals surface area contributed by atoms with Crippen LogP contribution in [0.1, 0.15) is 44.6 Å². The van der Waals surface area contributed by atoms with Crippen molar-refractivity contribution in [3.8, 4) is 16.9 Å². The second-order valence-electron chi connectivity index (χ2n) is 7.06. The van der Waals surface area contributed by atoms with E-state index in [2.05, 4.69) is 0 Å². The summed E-state index contributed by atoms with van der Waals surface area (Å²) in [5.41, 5.74) is 2.54. The summed E-state index contributed by atoms with van der Waals surface area (Å²) in [5.74, 6) is 0.362. The highest BCUT2D eigenvalue weighted by molar-refractivity contribution is 5.67. The number of carboxylic acid groups (broad SMARTS) is 1. The summed E-state index contributed by atoms with van der Waals surface area (Å²) in [4.78, 5) is 10.7. The van der Waals surface area contributed by atoms with Crippen molar-refractivity contribution in [2.75, 3.05) is 0 Å². The third-order valence-corrected chi connectivity index (χ3v) is 4.70. The number of benzene rings is 2. The molecule has 1 N–H and O–H groups in total. The average molecular weight is 342 g/mol. The smallest absolute Gasteiger partial charge is 0.303 e. The van der Waals surface area contributed by atoms with E-state index >= 15 is 0 Å². The van der Waals surface area contributed by atoms with Gasteiger partial charge < -0.3 is 9.84 Å². The molecule has 0 atom stereocenters. The zero-order valence-electron chi connectivity index (χ0n) is 14.5. The van der Waals surface area contributed by atoms with Crippen molar-refractivity contribution < 1.29 is 19.0 Å². The van der Waals surface area contributed by atoms with Gasteiger partial charge in [-0.05, 0) is 67.9 Å². The molecule has 25 heavy (non-hydrogen) atoms. The molecule has 2 aromatic carbocycles. The lowest BCUT2D eigenvalue weighted by molar-refractivity contribution is -0.138. The summed E-state index contributed by atoms with van der Waals surface area (Å²) in [7, 11) is 0. The van der Waals surface area contributed by atoms with Crippen LogP contribution in [0.15, 0.2) is 42.5 Å². The first-order chi connectivity index (χ1) is 11.9. The quantitative estimate of drug-likeness (QED) is 0.780. The Bertz CT molecular complexity index is 746. The molecule has 0 bridgehead atoms. The Labute approximate surface area is 147 Å². The maximum absolute atomic E-state index is 14.2. The Morgan fingerprint density at radius 1 is 1.20 bits per heavy atom. The van der Waals surface area contributed by atoms with Gasteiger partial charge in [-0.1, -0.05) is 24.3 Å². The van der Waals surface area contributed by atoms with Crippen LogP contribution < -0.4 is 4.74 Å². The largest absolute Gasteiger partial charge is 0.491 e. The first-order valence-electron chi connectivity index (χ1n) is 8.70. The van der Waals surface area contributed by atoms with Crippen molar-refractivity contribution in [3.63, 3.8) is 0 Å². The van der Waals surface area contributed by atoms with Gasteiger partial charge in [-0.15, -0.1) is 0 Å².